The van der Waals surface area contributed by atoms with Crippen molar-refractivity contribution >= 4 is 78.5 Å². The lowest BCUT2D eigenvalue weighted by Gasteiger charge is -2.51. The van der Waals surface area contributed by atoms with Crippen LogP contribution in [0, 0.1) is 0 Å². The highest BCUT2D eigenvalue weighted by molar-refractivity contribution is 6.39. The fraction of sp³-hybridized carbons (Fsp3) is 0.490. The van der Waals surface area contributed by atoms with E-state index in [4.69, 9.17) is 14.2 Å². The molecule has 6 saturated heterocycles. The van der Waals surface area contributed by atoms with Crippen LogP contribution < -0.4 is 26.2 Å². The van der Waals surface area contributed by atoms with Crippen LogP contribution in [0.3, 0.4) is 0 Å². The number of hydrogen-bond donors (Lipinski definition) is 5. The quantitative estimate of drug-likeness (QED) is 0.0402. The molecule has 0 spiro atoms. The number of aliphatic hydroxyl groups excluding tert-OH is 2. The largest absolute Gasteiger partial charge is 0.516 e. The van der Waals surface area contributed by atoms with Crippen molar-refractivity contribution in [3.8, 4) is 11.5 Å². The van der Waals surface area contributed by atoms with E-state index in [0.29, 0.717) is 88.3 Å². The van der Waals surface area contributed by atoms with E-state index in [-0.39, 0.29) is 98.0 Å². The number of rotatable bonds is 12. The third-order valence-corrected chi connectivity index (χ3v) is 16.3. The number of aliphatic hydroxyl groups is 2. The molecule has 348 valence electrons. The van der Waals surface area contributed by atoms with E-state index in [1.165, 1.54) is 26.2 Å². The number of phenols is 1. The molecule has 5 aromatic carbocycles. The van der Waals surface area contributed by atoms with E-state index in [9.17, 15) is 39.3 Å². The van der Waals surface area contributed by atoms with Gasteiger partial charge in [-0.2, -0.15) is 9.59 Å². The summed E-state index contributed by atoms with van der Waals surface area (Å²) < 4.78 is 20.6. The van der Waals surface area contributed by atoms with Crippen LogP contribution >= 0.6 is 0 Å². The average molecular weight is 909 g/mol. The molecule has 6 fully saturated rings. The number of carbonyl (C=O) groups excluding carboxylic acids is 3. The molecule has 66 heavy (non-hydrogen) atoms. The molecule has 0 aromatic heterocycles. The maximum Gasteiger partial charge on any atom is 0.516 e. The van der Waals surface area contributed by atoms with Gasteiger partial charge in [0.2, 0.25) is 0 Å². The van der Waals surface area contributed by atoms with Gasteiger partial charge in [0.1, 0.15) is 103 Å². The molecular weight excluding hydrogens is 849 g/mol. The van der Waals surface area contributed by atoms with Crippen molar-refractivity contribution in [3.05, 3.63) is 60.4 Å². The van der Waals surface area contributed by atoms with Crippen LogP contribution in [0.15, 0.2) is 27.3 Å². The van der Waals surface area contributed by atoms with Gasteiger partial charge < -0.3 is 49.1 Å². The van der Waals surface area contributed by atoms with E-state index in [2.05, 4.69) is 24.7 Å². The minimum Gasteiger partial charge on any atom is -0.505 e. The first kappa shape index (κ1) is 44.2. The van der Waals surface area contributed by atoms with Crippen molar-refractivity contribution in [2.24, 2.45) is 0 Å². The van der Waals surface area contributed by atoms with Crippen molar-refractivity contribution in [2.75, 3.05) is 137 Å². The summed E-state index contributed by atoms with van der Waals surface area (Å²) in [4.78, 5) is 70.3. The second kappa shape index (κ2) is 15.7. The molecule has 0 saturated carbocycles. The summed E-state index contributed by atoms with van der Waals surface area (Å²) >= 11 is 0. The molecule has 0 radical (unpaired) electrons. The Bertz CT molecular complexity index is 3010. The van der Waals surface area contributed by atoms with Crippen molar-refractivity contribution < 1.29 is 61.8 Å². The second-order valence-electron chi connectivity index (χ2n) is 20.1. The minimum atomic E-state index is -0.951. The number of amides is 2. The van der Waals surface area contributed by atoms with Gasteiger partial charge in [-0.1, -0.05) is 11.6 Å². The first-order valence-corrected chi connectivity index (χ1v) is 23.1. The Morgan fingerprint density at radius 1 is 0.652 bits per heavy atom. The topological polar surface area (TPSA) is 198 Å². The van der Waals surface area contributed by atoms with E-state index < -0.39 is 30.0 Å². The number of likely N-dealkylation sites (N-methyl/N-ethyl adjacent to an activating group) is 2. The monoisotopic (exact) mass is 908 g/mol. The summed E-state index contributed by atoms with van der Waals surface area (Å²) in [5.41, 5.74) is 1.24. The number of methoxy groups -OCH3 is 1. The van der Waals surface area contributed by atoms with Crippen molar-refractivity contribution in [1.29, 1.82) is 0 Å². The Balaban J connectivity index is 1.14. The van der Waals surface area contributed by atoms with Crippen LogP contribution in [0.1, 0.15) is 42.0 Å². The van der Waals surface area contributed by atoms with Crippen molar-refractivity contribution in [2.45, 2.75) is 33.0 Å². The van der Waals surface area contributed by atoms with Gasteiger partial charge in [-0.3, -0.25) is 14.4 Å². The predicted molar refractivity (Wildman–Crippen MR) is 249 cm³/mol. The number of ketones is 1. The molecule has 2 amide bonds. The number of aromatic hydroxyl groups is 1. The van der Waals surface area contributed by atoms with Gasteiger partial charge in [-0.15, -0.1) is 0 Å². The first-order valence-electron chi connectivity index (χ1n) is 23.1. The molecule has 17 nitrogen and oxygen atoms in total. The van der Waals surface area contributed by atoms with Crippen LogP contribution in [-0.2, 0) is 27.5 Å². The summed E-state index contributed by atoms with van der Waals surface area (Å²) in [6.07, 6.45) is 1.21. The average Bonchev–Trinajstić information content (AvgIpc) is 3.44. The number of anilines is 2. The van der Waals surface area contributed by atoms with E-state index in [0.717, 1.165) is 48.2 Å². The highest BCUT2D eigenvalue weighted by atomic mass is 16.6. The molecule has 6 heterocycles. The highest BCUT2D eigenvalue weighted by Gasteiger charge is 2.54. The van der Waals surface area contributed by atoms with Crippen molar-refractivity contribution in [3.63, 3.8) is 0 Å². The normalized spacial score (nSPS) is 26.6. The molecule has 5 aromatic rings. The molecule has 12 rings (SSSR count). The van der Waals surface area contributed by atoms with E-state index >= 15 is 0 Å². The van der Waals surface area contributed by atoms with Gasteiger partial charge in [-0.05, 0) is 53.3 Å². The zero-order valence-corrected chi connectivity index (χ0v) is 38.4. The maximum atomic E-state index is 14.6. The number of carbonyl (C=O) groups is 3. The van der Waals surface area contributed by atoms with Crippen LogP contribution in [0.5, 0.6) is 11.5 Å². The molecule has 4 bridgehead atoms. The number of phenolic OH excluding ortho intramolecular Hbond substituents is 1. The number of ether oxygens (including phenoxy) is 3. The summed E-state index contributed by atoms with van der Waals surface area (Å²) in [5.74, 6) is -1.37. The third kappa shape index (κ3) is 6.45. The summed E-state index contributed by atoms with van der Waals surface area (Å²) in [6.45, 7) is 11.9. The Kier molecular flexibility index (Phi) is 10.5. The molecule has 17 heteroatoms. The highest BCUT2D eigenvalue weighted by Crippen LogP contribution is 2.57. The smallest absolute Gasteiger partial charge is 0.505 e. The standard InChI is InChI=1S/C49H57N6O11/c1-27-22-31-37-40-35(30(26-57)24-33(60)39(40)46(61)44(31)50-6-20-65-48(62)54-14-8-52(3,9-15-54)10-16-54)36-29(25-56)23-32(59)38-41(36)42(37)43(34(27)28(2)58)47(64-5)45(38)51-7-21-66-49(63)55-17-11-53(4,12-18-55)13-19-55/h22-24,34,56-57H,6-21,25-26H2,1-5H3/q+1/p+3. The van der Waals surface area contributed by atoms with Crippen LogP contribution in [0.4, 0.5) is 21.0 Å². The molecule has 6 aliphatic heterocycles. The zero-order chi connectivity index (χ0) is 46.7. The Hall–Kier alpha value is -5.69. The van der Waals surface area contributed by atoms with Crippen LogP contribution in [0.2, 0.25) is 0 Å². The fourth-order valence-electron chi connectivity index (χ4n) is 12.2. The van der Waals surface area contributed by atoms with E-state index in [1.54, 1.807) is 13.0 Å². The third-order valence-electron chi connectivity index (χ3n) is 16.3. The summed E-state index contributed by atoms with van der Waals surface area (Å²) in [5, 5.41) is 43.2. The number of nitrogens with zero attached hydrogens (tertiary/aromatic N) is 4. The maximum absolute atomic E-state index is 14.6. The Labute approximate surface area is 381 Å². The predicted octanol–water partition coefficient (Wildman–Crippen LogP) is 3.36. The molecule has 1 unspecified atom stereocenters. The summed E-state index contributed by atoms with van der Waals surface area (Å²) in [7, 11) is 5.89. The van der Waals surface area contributed by atoms with Gasteiger partial charge in [0.05, 0.1) is 62.5 Å². The van der Waals surface area contributed by atoms with Crippen molar-refractivity contribution in [1.82, 2.24) is 0 Å². The summed E-state index contributed by atoms with van der Waals surface area (Å²) in [6, 6.07) is 2.59. The molecule has 7 aliphatic rings. The van der Waals surface area contributed by atoms with Gasteiger partial charge >= 0.3 is 12.2 Å². The lowest BCUT2D eigenvalue weighted by atomic mass is 9.79. The number of piperazine rings is 6. The lowest BCUT2D eigenvalue weighted by molar-refractivity contribution is -1.04. The molecule has 1 aliphatic carbocycles. The number of fused-ring (bicyclic) bond motifs is 7. The van der Waals surface area contributed by atoms with Crippen LogP contribution in [-0.4, -0.2) is 177 Å². The van der Waals surface area contributed by atoms with Gasteiger partial charge in [0.15, 0.2) is 16.6 Å². The molecular formula is C49H60N6O11+4. The van der Waals surface area contributed by atoms with Crippen LogP contribution in [0.25, 0.3) is 49.2 Å². The Morgan fingerprint density at radius 2 is 1.11 bits per heavy atom. The van der Waals surface area contributed by atoms with Gasteiger partial charge in [-0.25, -0.2) is 8.97 Å². The molecule has 1 atom stereocenters. The second-order valence-corrected chi connectivity index (χ2v) is 20.1. The number of hydrogen-bond acceptors (Lipinski definition) is 13. The number of quaternary nitrogens is 4. The lowest BCUT2D eigenvalue weighted by Crippen LogP contribution is -2.75. The fourth-order valence-corrected chi connectivity index (χ4v) is 12.2. The minimum absolute atomic E-state index is 0.0207. The SMILES string of the molecule is COc1c(NCCOC(=O)[N+]23CC[N+](C)(CC2)CC3)c2c(=O)cc(CO)c3c4c(CO)cc(=O)c5c(O)c(NCCOC(=O)[N+]67CC[N+](C)(CC6)CC7)c6c(c(c1C(C(C)=O)C(C)=C6)c23)c54. The van der Waals surface area contributed by atoms with Gasteiger partial charge in [0.25, 0.3) is 0 Å². The molecule has 5 N–H and O–H groups in total. The first-order chi connectivity index (χ1) is 31.5. The zero-order valence-electron chi connectivity index (χ0n) is 38.4. The van der Waals surface area contributed by atoms with Gasteiger partial charge in [0, 0.05) is 40.4 Å². The number of benzene rings is 5. The number of Topliss-reactive ketones (excluding diaryl/α,β-unsaturated/α-hetero) is 1. The number of nitrogens with one attached hydrogen (secondary N) is 2. The number of allylic oxidation sites excluding steroid dienone is 1. The van der Waals surface area contributed by atoms with E-state index in [1.807, 2.05) is 0 Å². The Morgan fingerprint density at radius 3 is 1.56 bits per heavy atom.